The van der Waals surface area contributed by atoms with Gasteiger partial charge in [-0.25, -0.2) is 9.79 Å². The van der Waals surface area contributed by atoms with Gasteiger partial charge >= 0.3 is 5.97 Å². The fourth-order valence-electron chi connectivity index (χ4n) is 2.39. The predicted molar refractivity (Wildman–Crippen MR) is 84.3 cm³/mol. The van der Waals surface area contributed by atoms with Crippen molar-refractivity contribution in [2.75, 3.05) is 20.2 Å². The number of hydrogen-bond acceptors (Lipinski definition) is 5. The molecule has 0 spiro atoms. The van der Waals surface area contributed by atoms with E-state index in [9.17, 15) is 4.79 Å². The lowest BCUT2D eigenvalue weighted by Gasteiger charge is -2.28. The first kappa shape index (κ1) is 15.2. The van der Waals surface area contributed by atoms with Gasteiger partial charge in [0.05, 0.1) is 18.9 Å². The van der Waals surface area contributed by atoms with Gasteiger partial charge in [-0.3, -0.25) is 4.99 Å². The van der Waals surface area contributed by atoms with Crippen LogP contribution in [-0.2, 0) is 9.53 Å². The molecular weight excluding hydrogens is 266 g/mol. The third-order valence-corrected chi connectivity index (χ3v) is 3.60. The molecule has 0 aromatic rings. The molecule has 0 atom stereocenters. The van der Waals surface area contributed by atoms with Gasteiger partial charge in [-0.15, -0.1) is 0 Å². The highest BCUT2D eigenvalue weighted by Gasteiger charge is 2.13. The summed E-state index contributed by atoms with van der Waals surface area (Å²) in [7, 11) is 1.38. The summed E-state index contributed by atoms with van der Waals surface area (Å²) in [6, 6.07) is 0. The van der Waals surface area contributed by atoms with Gasteiger partial charge in [-0.05, 0) is 38.1 Å². The van der Waals surface area contributed by atoms with E-state index in [2.05, 4.69) is 26.3 Å². The highest BCUT2D eigenvalue weighted by Crippen LogP contribution is 2.16. The predicted octanol–water partition coefficient (Wildman–Crippen LogP) is 2.47. The maximum absolute atomic E-state index is 11.4. The first-order chi connectivity index (χ1) is 10.2. The van der Waals surface area contributed by atoms with Crippen molar-refractivity contribution in [3.63, 3.8) is 0 Å². The number of carbonyl (C=O) groups is 1. The van der Waals surface area contributed by atoms with Crippen molar-refractivity contribution in [2.24, 2.45) is 9.98 Å². The summed E-state index contributed by atoms with van der Waals surface area (Å²) in [5.74, 6) is 0.501. The van der Waals surface area contributed by atoms with Crippen molar-refractivity contribution in [1.29, 1.82) is 0 Å². The summed E-state index contributed by atoms with van der Waals surface area (Å²) in [4.78, 5) is 22.1. The summed E-state index contributed by atoms with van der Waals surface area (Å²) < 4.78 is 4.68. The normalized spacial score (nSPS) is 21.2. The molecule has 0 amide bonds. The Morgan fingerprint density at radius 2 is 2.10 bits per heavy atom. The van der Waals surface area contributed by atoms with E-state index in [1.165, 1.54) is 26.4 Å². The average Bonchev–Trinajstić information content (AvgIpc) is 2.56. The maximum Gasteiger partial charge on any atom is 0.337 e. The molecule has 1 heterocycles. The maximum atomic E-state index is 11.4. The van der Waals surface area contributed by atoms with Crippen LogP contribution in [0.4, 0.5) is 0 Å². The van der Waals surface area contributed by atoms with E-state index in [1.807, 2.05) is 12.2 Å². The molecule has 0 N–H and O–H groups in total. The molecular formula is C16H21N3O2. The molecule has 0 aromatic carbocycles. The molecule has 0 unspecified atom stereocenters. The van der Waals surface area contributed by atoms with Gasteiger partial charge in [-0.1, -0.05) is 6.08 Å². The lowest BCUT2D eigenvalue weighted by atomic mass is 10.1. The second-order valence-electron chi connectivity index (χ2n) is 5.00. The Kier molecular flexibility index (Phi) is 5.49. The van der Waals surface area contributed by atoms with Crippen LogP contribution in [0.2, 0.25) is 0 Å². The Balaban J connectivity index is 2.02. The molecule has 0 saturated carbocycles. The fourth-order valence-corrected chi connectivity index (χ4v) is 2.39. The van der Waals surface area contributed by atoms with Crippen molar-refractivity contribution in [1.82, 2.24) is 4.90 Å². The number of carbonyl (C=O) groups excluding carboxylic acids is 1. The molecule has 112 valence electrons. The van der Waals surface area contributed by atoms with Gasteiger partial charge in [0.2, 0.25) is 0 Å². The molecule has 0 aromatic heterocycles. The van der Waals surface area contributed by atoms with Gasteiger partial charge < -0.3 is 9.64 Å². The van der Waals surface area contributed by atoms with Crippen molar-refractivity contribution in [2.45, 2.75) is 25.7 Å². The number of esters is 1. The molecule has 0 bridgehead atoms. The van der Waals surface area contributed by atoms with Gasteiger partial charge in [0.25, 0.3) is 0 Å². The highest BCUT2D eigenvalue weighted by molar-refractivity contribution is 6.03. The number of piperidine rings is 1. The molecule has 0 radical (unpaired) electrons. The van der Waals surface area contributed by atoms with E-state index in [0.717, 1.165) is 24.6 Å². The average molecular weight is 287 g/mol. The summed E-state index contributed by atoms with van der Waals surface area (Å²) >= 11 is 0. The van der Waals surface area contributed by atoms with E-state index in [0.29, 0.717) is 12.0 Å². The first-order valence-corrected chi connectivity index (χ1v) is 7.19. The topological polar surface area (TPSA) is 54.3 Å². The summed E-state index contributed by atoms with van der Waals surface area (Å²) in [5.41, 5.74) is 1.46. The van der Waals surface area contributed by atoms with Crippen LogP contribution < -0.4 is 0 Å². The Morgan fingerprint density at radius 1 is 1.33 bits per heavy atom. The molecule has 5 nitrogen and oxygen atoms in total. The Morgan fingerprint density at radius 3 is 2.67 bits per heavy atom. The second kappa shape index (κ2) is 7.57. The smallest absolute Gasteiger partial charge is 0.337 e. The minimum absolute atomic E-state index is 0.317. The Labute approximate surface area is 125 Å². The summed E-state index contributed by atoms with van der Waals surface area (Å²) in [6.45, 7) is 5.65. The van der Waals surface area contributed by atoms with Crippen molar-refractivity contribution in [3.8, 4) is 0 Å². The number of aliphatic imine (C=N–C) groups is 2. The number of nitrogens with zero attached hydrogens (tertiary/aromatic N) is 3. The van der Waals surface area contributed by atoms with Gasteiger partial charge in [-0.2, -0.15) is 0 Å². The van der Waals surface area contributed by atoms with Gasteiger partial charge in [0.15, 0.2) is 0 Å². The van der Waals surface area contributed by atoms with Crippen LogP contribution in [-0.4, -0.2) is 43.5 Å². The van der Waals surface area contributed by atoms with E-state index >= 15 is 0 Å². The van der Waals surface area contributed by atoms with E-state index < -0.39 is 0 Å². The minimum atomic E-state index is -0.317. The Bertz CT molecular complexity index is 524. The zero-order chi connectivity index (χ0) is 15.1. The van der Waals surface area contributed by atoms with Crippen molar-refractivity contribution < 1.29 is 9.53 Å². The van der Waals surface area contributed by atoms with E-state index in [-0.39, 0.29) is 5.97 Å². The van der Waals surface area contributed by atoms with Crippen LogP contribution in [0.5, 0.6) is 0 Å². The first-order valence-electron chi connectivity index (χ1n) is 7.19. The number of ether oxygens (including phenoxy) is 1. The van der Waals surface area contributed by atoms with Crippen LogP contribution in [0, 0.1) is 0 Å². The number of likely N-dealkylation sites (tertiary alicyclic amines) is 1. The van der Waals surface area contributed by atoms with Crippen LogP contribution in [0.1, 0.15) is 25.7 Å². The lowest BCUT2D eigenvalue weighted by Crippen LogP contribution is -2.28. The number of allylic oxidation sites excluding steroid dienone is 2. The van der Waals surface area contributed by atoms with Crippen LogP contribution >= 0.6 is 0 Å². The molecule has 2 aliphatic rings. The van der Waals surface area contributed by atoms with Gasteiger partial charge in [0, 0.05) is 25.2 Å². The third kappa shape index (κ3) is 4.15. The SMILES string of the molecule is C=N/C(=C\N=C1C=CC(C(=O)OC)=CC1)N1CCCCC1. The summed E-state index contributed by atoms with van der Waals surface area (Å²) in [6.07, 6.45) is 11.4. The monoisotopic (exact) mass is 287 g/mol. The quantitative estimate of drug-likeness (QED) is 0.589. The van der Waals surface area contributed by atoms with E-state index in [1.54, 1.807) is 12.3 Å². The molecule has 1 saturated heterocycles. The zero-order valence-electron chi connectivity index (χ0n) is 12.4. The molecule has 1 aliphatic heterocycles. The second-order valence-corrected chi connectivity index (χ2v) is 5.00. The third-order valence-electron chi connectivity index (χ3n) is 3.60. The van der Waals surface area contributed by atoms with Crippen LogP contribution in [0.25, 0.3) is 0 Å². The van der Waals surface area contributed by atoms with Crippen molar-refractivity contribution in [3.05, 3.63) is 35.8 Å². The van der Waals surface area contributed by atoms with Crippen molar-refractivity contribution >= 4 is 18.4 Å². The number of rotatable bonds is 4. The Hall–Kier alpha value is -2.17. The van der Waals surface area contributed by atoms with Gasteiger partial charge in [0.1, 0.15) is 5.82 Å². The minimum Gasteiger partial charge on any atom is -0.465 e. The van der Waals surface area contributed by atoms with Crippen LogP contribution in [0.3, 0.4) is 0 Å². The molecule has 2 rings (SSSR count). The summed E-state index contributed by atoms with van der Waals surface area (Å²) in [5, 5.41) is 0. The highest BCUT2D eigenvalue weighted by atomic mass is 16.5. The number of methoxy groups -OCH3 is 1. The molecule has 21 heavy (non-hydrogen) atoms. The molecule has 5 heteroatoms. The molecule has 1 aliphatic carbocycles. The lowest BCUT2D eigenvalue weighted by molar-refractivity contribution is -0.135. The largest absolute Gasteiger partial charge is 0.465 e. The van der Waals surface area contributed by atoms with Crippen LogP contribution in [0.15, 0.2) is 45.8 Å². The molecule has 1 fully saturated rings. The fraction of sp³-hybridized carbons (Fsp3) is 0.438. The standard InChI is InChI=1S/C16H21N3O2/c1-17-15(19-10-4-3-5-11-19)12-18-14-8-6-13(7-9-14)16(20)21-2/h6-8,12H,1,3-5,9-11H2,2H3/b15-12+,18-14?. The zero-order valence-corrected chi connectivity index (χ0v) is 12.4. The van der Waals surface area contributed by atoms with E-state index in [4.69, 9.17) is 0 Å². The number of hydrogen-bond donors (Lipinski definition) is 0.